The van der Waals surface area contributed by atoms with Crippen LogP contribution in [0.5, 0.6) is 0 Å². The Morgan fingerprint density at radius 3 is 2.42 bits per heavy atom. The number of rotatable bonds is 4. The third-order valence-corrected chi connectivity index (χ3v) is 3.16. The molecule has 1 aliphatic carbocycles. The van der Waals surface area contributed by atoms with Crippen molar-refractivity contribution in [2.75, 3.05) is 0 Å². The summed E-state index contributed by atoms with van der Waals surface area (Å²) in [6.07, 6.45) is 7.70. The summed E-state index contributed by atoms with van der Waals surface area (Å²) in [4.78, 5) is 11.2. The first kappa shape index (κ1) is 9.76. The standard InChI is InChI=1S/C11H20O/c1-3-11(9(2)12)8-10-6-4-5-7-10/h10-11H,3-8H2,1-2H3/t11-/m0/s1. The van der Waals surface area contributed by atoms with Gasteiger partial charge in [-0.3, -0.25) is 4.79 Å². The highest BCUT2D eigenvalue weighted by Gasteiger charge is 2.21. The van der Waals surface area contributed by atoms with Gasteiger partial charge in [0.25, 0.3) is 0 Å². The first-order valence-corrected chi connectivity index (χ1v) is 5.24. The topological polar surface area (TPSA) is 17.1 Å². The molecule has 0 saturated heterocycles. The lowest BCUT2D eigenvalue weighted by molar-refractivity contribution is -0.121. The molecule has 12 heavy (non-hydrogen) atoms. The van der Waals surface area contributed by atoms with Gasteiger partial charge in [0.05, 0.1) is 0 Å². The van der Waals surface area contributed by atoms with E-state index in [0.29, 0.717) is 11.7 Å². The maximum absolute atomic E-state index is 11.2. The lowest BCUT2D eigenvalue weighted by Gasteiger charge is -2.15. The second-order valence-corrected chi connectivity index (χ2v) is 4.10. The molecule has 0 spiro atoms. The summed E-state index contributed by atoms with van der Waals surface area (Å²) in [5, 5.41) is 0. The summed E-state index contributed by atoms with van der Waals surface area (Å²) in [5.41, 5.74) is 0. The zero-order chi connectivity index (χ0) is 8.97. The third kappa shape index (κ3) is 2.62. The molecule has 0 amide bonds. The largest absolute Gasteiger partial charge is 0.300 e. The fourth-order valence-electron chi connectivity index (χ4n) is 2.27. The van der Waals surface area contributed by atoms with Crippen molar-refractivity contribution in [3.8, 4) is 0 Å². The maximum Gasteiger partial charge on any atom is 0.132 e. The quantitative estimate of drug-likeness (QED) is 0.630. The summed E-state index contributed by atoms with van der Waals surface area (Å²) >= 11 is 0. The Morgan fingerprint density at radius 1 is 1.42 bits per heavy atom. The average Bonchev–Trinajstić information content (AvgIpc) is 2.51. The SMILES string of the molecule is CC[C@@H](CC1CCCC1)C(C)=O. The Hall–Kier alpha value is -0.330. The zero-order valence-electron chi connectivity index (χ0n) is 8.31. The van der Waals surface area contributed by atoms with E-state index in [1.54, 1.807) is 6.92 Å². The highest BCUT2D eigenvalue weighted by Crippen LogP contribution is 2.31. The molecule has 1 heteroatoms. The van der Waals surface area contributed by atoms with Gasteiger partial charge in [-0.15, -0.1) is 0 Å². The minimum absolute atomic E-state index is 0.355. The van der Waals surface area contributed by atoms with Crippen molar-refractivity contribution in [2.24, 2.45) is 11.8 Å². The van der Waals surface area contributed by atoms with Gasteiger partial charge in [0.1, 0.15) is 5.78 Å². The number of Topliss-reactive ketones (excluding diaryl/α,β-unsaturated/α-hetero) is 1. The molecule has 1 saturated carbocycles. The van der Waals surface area contributed by atoms with E-state index in [1.807, 2.05) is 0 Å². The molecule has 1 nitrogen and oxygen atoms in total. The van der Waals surface area contributed by atoms with Crippen molar-refractivity contribution in [3.63, 3.8) is 0 Å². The van der Waals surface area contributed by atoms with Gasteiger partial charge < -0.3 is 0 Å². The van der Waals surface area contributed by atoms with Gasteiger partial charge in [-0.25, -0.2) is 0 Å². The molecule has 1 aliphatic rings. The van der Waals surface area contributed by atoms with Crippen LogP contribution in [0.25, 0.3) is 0 Å². The molecule has 0 heterocycles. The van der Waals surface area contributed by atoms with Gasteiger partial charge in [-0.05, 0) is 25.7 Å². The Balaban J connectivity index is 2.30. The summed E-state index contributed by atoms with van der Waals surface area (Å²) < 4.78 is 0. The lowest BCUT2D eigenvalue weighted by Crippen LogP contribution is -2.13. The van der Waals surface area contributed by atoms with E-state index in [4.69, 9.17) is 0 Å². The van der Waals surface area contributed by atoms with Crippen LogP contribution in [0, 0.1) is 11.8 Å². The van der Waals surface area contributed by atoms with Crippen LogP contribution in [0.3, 0.4) is 0 Å². The number of ketones is 1. The Labute approximate surface area is 75.5 Å². The molecule has 0 bridgehead atoms. The fourth-order valence-corrected chi connectivity index (χ4v) is 2.27. The number of carbonyl (C=O) groups excluding carboxylic acids is 1. The number of hydrogen-bond acceptors (Lipinski definition) is 1. The van der Waals surface area contributed by atoms with Crippen LogP contribution >= 0.6 is 0 Å². The Morgan fingerprint density at radius 2 is 2.00 bits per heavy atom. The van der Waals surface area contributed by atoms with Crippen LogP contribution in [-0.4, -0.2) is 5.78 Å². The smallest absolute Gasteiger partial charge is 0.132 e. The van der Waals surface area contributed by atoms with Gasteiger partial charge >= 0.3 is 0 Å². The molecule has 0 unspecified atom stereocenters. The van der Waals surface area contributed by atoms with E-state index in [1.165, 1.54) is 25.7 Å². The average molecular weight is 168 g/mol. The third-order valence-electron chi connectivity index (χ3n) is 3.16. The lowest BCUT2D eigenvalue weighted by atomic mass is 9.89. The van der Waals surface area contributed by atoms with Gasteiger partial charge in [-0.2, -0.15) is 0 Å². The predicted octanol–water partition coefficient (Wildman–Crippen LogP) is 3.18. The van der Waals surface area contributed by atoms with Crippen molar-refractivity contribution in [1.29, 1.82) is 0 Å². The van der Waals surface area contributed by atoms with Crippen molar-refractivity contribution in [3.05, 3.63) is 0 Å². The van der Waals surface area contributed by atoms with Crippen LogP contribution < -0.4 is 0 Å². The van der Waals surface area contributed by atoms with Gasteiger partial charge in [0.2, 0.25) is 0 Å². The van der Waals surface area contributed by atoms with Gasteiger partial charge in [0.15, 0.2) is 0 Å². The predicted molar refractivity (Wildman–Crippen MR) is 51.0 cm³/mol. The van der Waals surface area contributed by atoms with E-state index in [9.17, 15) is 4.79 Å². The molecule has 0 aromatic heterocycles. The van der Waals surface area contributed by atoms with Crippen molar-refractivity contribution in [2.45, 2.75) is 52.4 Å². The maximum atomic E-state index is 11.2. The first-order chi connectivity index (χ1) is 5.74. The van der Waals surface area contributed by atoms with Crippen molar-refractivity contribution in [1.82, 2.24) is 0 Å². The van der Waals surface area contributed by atoms with E-state index in [-0.39, 0.29) is 0 Å². The van der Waals surface area contributed by atoms with Crippen LogP contribution in [-0.2, 0) is 4.79 Å². The first-order valence-electron chi connectivity index (χ1n) is 5.24. The highest BCUT2D eigenvalue weighted by molar-refractivity contribution is 5.78. The van der Waals surface area contributed by atoms with Crippen molar-refractivity contribution >= 4 is 5.78 Å². The molecular weight excluding hydrogens is 148 g/mol. The fraction of sp³-hybridized carbons (Fsp3) is 0.909. The summed E-state index contributed by atoms with van der Waals surface area (Å²) in [7, 11) is 0. The molecule has 0 aromatic rings. The Bertz CT molecular complexity index is 145. The second-order valence-electron chi connectivity index (χ2n) is 4.10. The summed E-state index contributed by atoms with van der Waals surface area (Å²) in [5.74, 6) is 1.61. The van der Waals surface area contributed by atoms with Gasteiger partial charge in [-0.1, -0.05) is 32.6 Å². The van der Waals surface area contributed by atoms with Crippen LogP contribution in [0.1, 0.15) is 52.4 Å². The summed E-state index contributed by atoms with van der Waals surface area (Å²) in [6, 6.07) is 0. The van der Waals surface area contributed by atoms with Gasteiger partial charge in [0, 0.05) is 5.92 Å². The molecule has 0 N–H and O–H groups in total. The van der Waals surface area contributed by atoms with E-state index < -0.39 is 0 Å². The Kier molecular flexibility index (Phi) is 3.77. The highest BCUT2D eigenvalue weighted by atomic mass is 16.1. The minimum atomic E-state index is 0.355. The molecule has 0 radical (unpaired) electrons. The van der Waals surface area contributed by atoms with Crippen molar-refractivity contribution < 1.29 is 4.79 Å². The van der Waals surface area contributed by atoms with E-state index >= 15 is 0 Å². The monoisotopic (exact) mass is 168 g/mol. The molecular formula is C11H20O. The number of carbonyl (C=O) groups is 1. The van der Waals surface area contributed by atoms with Crippen LogP contribution in [0.2, 0.25) is 0 Å². The molecule has 0 aromatic carbocycles. The molecule has 1 fully saturated rings. The van der Waals surface area contributed by atoms with Crippen LogP contribution in [0.4, 0.5) is 0 Å². The second kappa shape index (κ2) is 4.64. The minimum Gasteiger partial charge on any atom is -0.300 e. The molecule has 70 valence electrons. The number of hydrogen-bond donors (Lipinski definition) is 0. The summed E-state index contributed by atoms with van der Waals surface area (Å²) in [6.45, 7) is 3.87. The molecule has 1 atom stereocenters. The molecule has 0 aliphatic heterocycles. The van der Waals surface area contributed by atoms with Crippen LogP contribution in [0.15, 0.2) is 0 Å². The zero-order valence-corrected chi connectivity index (χ0v) is 8.31. The normalized spacial score (nSPS) is 21.2. The van der Waals surface area contributed by atoms with E-state index in [2.05, 4.69) is 6.92 Å². The van der Waals surface area contributed by atoms with E-state index in [0.717, 1.165) is 18.8 Å². The molecule has 1 rings (SSSR count).